The molecule has 0 fully saturated rings. The van der Waals surface area contributed by atoms with E-state index < -0.39 is 0 Å². The molecule has 2 heteroatoms. The van der Waals surface area contributed by atoms with Crippen LogP contribution in [0, 0.1) is 0 Å². The van der Waals surface area contributed by atoms with Crippen molar-refractivity contribution in [3.05, 3.63) is 157 Å². The van der Waals surface area contributed by atoms with Gasteiger partial charge in [0.1, 0.15) is 0 Å². The van der Waals surface area contributed by atoms with Crippen molar-refractivity contribution >= 4 is 54.4 Å². The third-order valence-corrected chi connectivity index (χ3v) is 10.3. The van der Waals surface area contributed by atoms with E-state index >= 15 is 0 Å². The quantitative estimate of drug-likeness (QED) is 0.194. The minimum atomic E-state index is -0.0517. The molecule has 7 aromatic carbocycles. The fourth-order valence-electron chi connectivity index (χ4n) is 8.22. The Morgan fingerprint density at radius 2 is 1.07 bits per heavy atom. The number of aromatic nitrogens is 2. The van der Waals surface area contributed by atoms with Crippen molar-refractivity contribution in [1.82, 2.24) is 9.13 Å². The Hall–Kier alpha value is -5.60. The lowest BCUT2D eigenvalue weighted by Crippen LogP contribution is -2.15. The van der Waals surface area contributed by atoms with Crippen LogP contribution in [-0.2, 0) is 5.41 Å². The molecular weight excluding hydrogens is 544 g/mol. The Bertz CT molecular complexity index is 2670. The van der Waals surface area contributed by atoms with E-state index in [4.69, 9.17) is 0 Å². The number of rotatable bonds is 2. The van der Waals surface area contributed by atoms with Crippen molar-refractivity contribution in [2.24, 2.45) is 0 Å². The molecule has 1 aliphatic rings. The normalized spacial score (nSPS) is 13.7. The van der Waals surface area contributed by atoms with Gasteiger partial charge in [-0.1, -0.05) is 105 Å². The van der Waals surface area contributed by atoms with Gasteiger partial charge in [0.2, 0.25) is 0 Å². The average Bonchev–Trinajstić information content (AvgIpc) is 3.67. The molecule has 0 spiro atoms. The van der Waals surface area contributed by atoms with Crippen molar-refractivity contribution in [2.75, 3.05) is 0 Å². The Balaban J connectivity index is 1.30. The minimum absolute atomic E-state index is 0.0517. The summed E-state index contributed by atoms with van der Waals surface area (Å²) in [6.07, 6.45) is 0. The number of nitrogens with zero attached hydrogens (tertiary/aromatic N) is 2. The summed E-state index contributed by atoms with van der Waals surface area (Å²) in [5.41, 5.74) is 12.8. The van der Waals surface area contributed by atoms with Crippen molar-refractivity contribution in [1.29, 1.82) is 0 Å². The minimum Gasteiger partial charge on any atom is -0.309 e. The summed E-state index contributed by atoms with van der Waals surface area (Å²) in [7, 11) is 0. The topological polar surface area (TPSA) is 9.86 Å². The molecule has 2 nitrogen and oxygen atoms in total. The van der Waals surface area contributed by atoms with E-state index in [9.17, 15) is 0 Å². The fraction of sp³-hybridized carbons (Fsp3) is 0.0698. The summed E-state index contributed by atoms with van der Waals surface area (Å²) in [6.45, 7) is 4.72. The summed E-state index contributed by atoms with van der Waals surface area (Å²) in [6, 6.07) is 53.8. The second-order valence-electron chi connectivity index (χ2n) is 13.0. The highest BCUT2D eigenvalue weighted by atomic mass is 15.0. The molecule has 0 saturated heterocycles. The first-order valence-corrected chi connectivity index (χ1v) is 15.8. The molecule has 0 bridgehead atoms. The number of para-hydroxylation sites is 3. The smallest absolute Gasteiger partial charge is 0.0547 e. The van der Waals surface area contributed by atoms with Gasteiger partial charge in [0, 0.05) is 38.3 Å². The van der Waals surface area contributed by atoms with Gasteiger partial charge in [0.15, 0.2) is 0 Å². The van der Waals surface area contributed by atoms with Crippen LogP contribution in [0.2, 0.25) is 0 Å². The molecule has 10 rings (SSSR count). The van der Waals surface area contributed by atoms with Crippen LogP contribution >= 0.6 is 0 Å². The lowest BCUT2D eigenvalue weighted by Gasteiger charge is -2.22. The Kier molecular flexibility index (Phi) is 4.82. The molecular formula is C43H30N2. The third kappa shape index (κ3) is 3.24. The maximum atomic E-state index is 2.47. The van der Waals surface area contributed by atoms with E-state index in [-0.39, 0.29) is 5.41 Å². The van der Waals surface area contributed by atoms with Gasteiger partial charge in [-0.15, -0.1) is 0 Å². The molecule has 0 saturated carbocycles. The summed E-state index contributed by atoms with van der Waals surface area (Å²) >= 11 is 0. The second kappa shape index (κ2) is 8.74. The first kappa shape index (κ1) is 24.8. The lowest BCUT2D eigenvalue weighted by molar-refractivity contribution is 0.660. The van der Waals surface area contributed by atoms with Crippen LogP contribution in [0.3, 0.4) is 0 Å². The zero-order valence-corrected chi connectivity index (χ0v) is 25.3. The zero-order chi connectivity index (χ0) is 29.9. The maximum absolute atomic E-state index is 2.47. The Morgan fingerprint density at radius 3 is 1.91 bits per heavy atom. The molecule has 0 amide bonds. The lowest BCUT2D eigenvalue weighted by atomic mass is 9.82. The molecule has 0 radical (unpaired) electrons. The third-order valence-electron chi connectivity index (χ3n) is 10.3. The highest BCUT2D eigenvalue weighted by Crippen LogP contribution is 2.49. The standard InChI is InChI=1S/C43H30N2/c1-43(2)36-17-9-6-14-30(36)31-22-21-29(25-37(31)43)45-39-19-11-8-16-33(39)42-34-26-41-35(24-27(34)20-23-40(42)45)32-15-7-10-18-38(32)44(41)28-12-4-3-5-13-28/h3-26H,1-2H3. The summed E-state index contributed by atoms with van der Waals surface area (Å²) < 4.78 is 4.89. The maximum Gasteiger partial charge on any atom is 0.0547 e. The van der Waals surface area contributed by atoms with Crippen molar-refractivity contribution in [2.45, 2.75) is 19.3 Å². The van der Waals surface area contributed by atoms with Gasteiger partial charge < -0.3 is 9.13 Å². The first-order chi connectivity index (χ1) is 22.1. The fourth-order valence-corrected chi connectivity index (χ4v) is 8.22. The van der Waals surface area contributed by atoms with Crippen LogP contribution in [0.25, 0.3) is 76.9 Å². The predicted molar refractivity (Wildman–Crippen MR) is 190 cm³/mol. The van der Waals surface area contributed by atoms with Gasteiger partial charge in [-0.05, 0) is 87.6 Å². The highest BCUT2D eigenvalue weighted by molar-refractivity contribution is 6.25. The van der Waals surface area contributed by atoms with E-state index in [1.165, 1.54) is 88.0 Å². The predicted octanol–water partition coefficient (Wildman–Crippen LogP) is 11.3. The van der Waals surface area contributed by atoms with E-state index in [0.29, 0.717) is 0 Å². The van der Waals surface area contributed by atoms with E-state index in [0.717, 1.165) is 0 Å². The van der Waals surface area contributed by atoms with Gasteiger partial charge in [-0.2, -0.15) is 0 Å². The Morgan fingerprint density at radius 1 is 0.400 bits per heavy atom. The van der Waals surface area contributed by atoms with Crippen molar-refractivity contribution in [3.8, 4) is 22.5 Å². The van der Waals surface area contributed by atoms with Crippen LogP contribution < -0.4 is 0 Å². The first-order valence-electron chi connectivity index (χ1n) is 15.8. The molecule has 0 atom stereocenters. The van der Waals surface area contributed by atoms with Crippen molar-refractivity contribution in [3.63, 3.8) is 0 Å². The van der Waals surface area contributed by atoms with Crippen LogP contribution in [0.5, 0.6) is 0 Å². The van der Waals surface area contributed by atoms with Gasteiger partial charge in [-0.3, -0.25) is 0 Å². The zero-order valence-electron chi connectivity index (χ0n) is 25.3. The monoisotopic (exact) mass is 574 g/mol. The molecule has 0 aliphatic heterocycles. The van der Waals surface area contributed by atoms with Crippen LogP contribution in [0.1, 0.15) is 25.0 Å². The number of fused-ring (bicyclic) bond motifs is 11. The number of benzene rings is 7. The average molecular weight is 575 g/mol. The van der Waals surface area contributed by atoms with E-state index in [1.54, 1.807) is 0 Å². The molecule has 1 aliphatic carbocycles. The molecule has 45 heavy (non-hydrogen) atoms. The number of hydrogen-bond donors (Lipinski definition) is 0. The van der Waals surface area contributed by atoms with Gasteiger partial charge in [0.05, 0.1) is 22.1 Å². The number of hydrogen-bond acceptors (Lipinski definition) is 0. The molecule has 9 aromatic rings. The van der Waals surface area contributed by atoms with Gasteiger partial charge >= 0.3 is 0 Å². The van der Waals surface area contributed by atoms with Crippen LogP contribution in [0.4, 0.5) is 0 Å². The van der Waals surface area contributed by atoms with Crippen molar-refractivity contribution < 1.29 is 0 Å². The van der Waals surface area contributed by atoms with E-state index in [2.05, 4.69) is 169 Å². The SMILES string of the molecule is CC1(C)c2ccccc2-c2ccc(-n3c4ccccc4c4c5cc6c(cc5ccc43)c3ccccc3n6-c3ccccc3)cc21. The van der Waals surface area contributed by atoms with Gasteiger partial charge in [0.25, 0.3) is 0 Å². The molecule has 2 heterocycles. The molecule has 0 unspecified atom stereocenters. The molecule has 0 N–H and O–H groups in total. The Labute approximate surface area is 261 Å². The summed E-state index contributed by atoms with van der Waals surface area (Å²) in [5.74, 6) is 0. The highest BCUT2D eigenvalue weighted by Gasteiger charge is 2.35. The summed E-state index contributed by atoms with van der Waals surface area (Å²) in [5, 5.41) is 7.69. The summed E-state index contributed by atoms with van der Waals surface area (Å²) in [4.78, 5) is 0. The van der Waals surface area contributed by atoms with Crippen LogP contribution in [-0.4, -0.2) is 9.13 Å². The van der Waals surface area contributed by atoms with E-state index in [1.807, 2.05) is 0 Å². The second-order valence-corrected chi connectivity index (χ2v) is 13.0. The largest absolute Gasteiger partial charge is 0.309 e. The van der Waals surface area contributed by atoms with Gasteiger partial charge in [-0.25, -0.2) is 0 Å². The van der Waals surface area contributed by atoms with Crippen LogP contribution in [0.15, 0.2) is 146 Å². The molecule has 212 valence electrons. The molecule has 2 aromatic heterocycles.